The number of carbonyl (C=O) groups excluding carboxylic acids is 1. The van der Waals surface area contributed by atoms with Crippen LogP contribution in [0.3, 0.4) is 0 Å². The second kappa shape index (κ2) is 4.15. The molecule has 0 spiro atoms. The fraction of sp³-hybridized carbons (Fsp3) is 0.500. The summed E-state index contributed by atoms with van der Waals surface area (Å²) in [6.07, 6.45) is 3.19. The van der Waals surface area contributed by atoms with Crippen LogP contribution in [0, 0.1) is 5.92 Å². The van der Waals surface area contributed by atoms with E-state index in [1.54, 1.807) is 0 Å². The largest absolute Gasteiger partial charge is 0.369 e. The average Bonchev–Trinajstić information content (AvgIpc) is 2.95. The summed E-state index contributed by atoms with van der Waals surface area (Å²) in [5.74, 6) is -0.0678. The van der Waals surface area contributed by atoms with E-state index >= 15 is 0 Å². The molecule has 90 valence electrons. The average molecular weight is 230 g/mol. The Morgan fingerprint density at radius 3 is 2.41 bits per heavy atom. The molecular weight excluding hydrogens is 212 g/mol. The summed E-state index contributed by atoms with van der Waals surface area (Å²) < 4.78 is 0. The van der Waals surface area contributed by atoms with Crippen molar-refractivity contribution in [1.82, 2.24) is 4.90 Å². The molecule has 2 N–H and O–H groups in total. The molecule has 3 heteroatoms. The van der Waals surface area contributed by atoms with E-state index in [1.165, 1.54) is 11.1 Å². The number of benzene rings is 1. The third kappa shape index (κ3) is 1.95. The van der Waals surface area contributed by atoms with E-state index in [2.05, 4.69) is 29.2 Å². The Hall–Kier alpha value is -1.35. The van der Waals surface area contributed by atoms with Crippen LogP contribution in [0.4, 0.5) is 0 Å². The van der Waals surface area contributed by atoms with Crippen LogP contribution < -0.4 is 5.73 Å². The maximum atomic E-state index is 11.2. The first-order valence-electron chi connectivity index (χ1n) is 6.34. The van der Waals surface area contributed by atoms with Crippen molar-refractivity contribution in [2.24, 2.45) is 11.7 Å². The van der Waals surface area contributed by atoms with Crippen LogP contribution in [0.25, 0.3) is 0 Å². The van der Waals surface area contributed by atoms with Crippen LogP contribution >= 0.6 is 0 Å². The summed E-state index contributed by atoms with van der Waals surface area (Å²) >= 11 is 0. The lowest BCUT2D eigenvalue weighted by Gasteiger charge is -2.23. The van der Waals surface area contributed by atoms with E-state index in [1.807, 2.05) is 0 Å². The zero-order chi connectivity index (χ0) is 11.8. The molecule has 1 aliphatic heterocycles. The Labute approximate surface area is 102 Å². The SMILES string of the molecule is NC(=O)C1CCN(C2Cc3ccccc3C2)C1. The van der Waals surface area contributed by atoms with E-state index < -0.39 is 0 Å². The van der Waals surface area contributed by atoms with E-state index in [4.69, 9.17) is 5.73 Å². The lowest BCUT2D eigenvalue weighted by Crippen LogP contribution is -2.35. The van der Waals surface area contributed by atoms with Crippen molar-refractivity contribution in [3.63, 3.8) is 0 Å². The van der Waals surface area contributed by atoms with Gasteiger partial charge in [0.1, 0.15) is 0 Å². The molecule has 3 nitrogen and oxygen atoms in total. The fourth-order valence-corrected chi connectivity index (χ4v) is 3.15. The van der Waals surface area contributed by atoms with Gasteiger partial charge in [0.15, 0.2) is 0 Å². The number of nitrogens with two attached hydrogens (primary N) is 1. The molecule has 1 heterocycles. The van der Waals surface area contributed by atoms with Crippen molar-refractivity contribution < 1.29 is 4.79 Å². The maximum Gasteiger partial charge on any atom is 0.221 e. The van der Waals surface area contributed by atoms with Gasteiger partial charge < -0.3 is 5.73 Å². The van der Waals surface area contributed by atoms with Gasteiger partial charge in [-0.2, -0.15) is 0 Å². The van der Waals surface area contributed by atoms with Crippen molar-refractivity contribution in [3.05, 3.63) is 35.4 Å². The van der Waals surface area contributed by atoms with Crippen LogP contribution in [-0.4, -0.2) is 29.9 Å². The van der Waals surface area contributed by atoms with Crippen LogP contribution in [-0.2, 0) is 17.6 Å². The molecule has 1 amide bonds. The summed E-state index contributed by atoms with van der Waals surface area (Å²) in [4.78, 5) is 13.6. The van der Waals surface area contributed by atoms with Gasteiger partial charge in [0.2, 0.25) is 5.91 Å². The molecule has 0 radical (unpaired) electrons. The van der Waals surface area contributed by atoms with Crippen molar-refractivity contribution in [3.8, 4) is 0 Å². The number of likely N-dealkylation sites (tertiary alicyclic amines) is 1. The van der Waals surface area contributed by atoms with Gasteiger partial charge in [0, 0.05) is 12.6 Å². The number of rotatable bonds is 2. The highest BCUT2D eigenvalue weighted by molar-refractivity contribution is 5.77. The molecule has 1 saturated heterocycles. The highest BCUT2D eigenvalue weighted by Gasteiger charge is 2.33. The van der Waals surface area contributed by atoms with Crippen molar-refractivity contribution >= 4 is 5.91 Å². The number of carbonyl (C=O) groups is 1. The van der Waals surface area contributed by atoms with E-state index in [-0.39, 0.29) is 11.8 Å². The molecule has 1 atom stereocenters. The molecule has 0 saturated carbocycles. The molecule has 1 fully saturated rings. The third-order valence-corrected chi connectivity index (χ3v) is 4.17. The lowest BCUT2D eigenvalue weighted by atomic mass is 10.1. The molecule has 17 heavy (non-hydrogen) atoms. The summed E-state index contributed by atoms with van der Waals surface area (Å²) in [6, 6.07) is 9.24. The first-order valence-corrected chi connectivity index (χ1v) is 6.34. The number of hydrogen-bond acceptors (Lipinski definition) is 2. The second-order valence-electron chi connectivity index (χ2n) is 5.21. The standard InChI is InChI=1S/C14H18N2O/c15-14(17)12-5-6-16(9-12)13-7-10-3-1-2-4-11(10)8-13/h1-4,12-13H,5-9H2,(H2,15,17). The minimum absolute atomic E-state index is 0.0683. The topological polar surface area (TPSA) is 46.3 Å². The minimum atomic E-state index is -0.136. The lowest BCUT2D eigenvalue weighted by molar-refractivity contribution is -0.121. The van der Waals surface area contributed by atoms with Crippen LogP contribution in [0.5, 0.6) is 0 Å². The smallest absolute Gasteiger partial charge is 0.221 e. The molecule has 0 aromatic heterocycles. The summed E-state index contributed by atoms with van der Waals surface area (Å²) in [7, 11) is 0. The maximum absolute atomic E-state index is 11.2. The third-order valence-electron chi connectivity index (χ3n) is 4.17. The van der Waals surface area contributed by atoms with E-state index in [0.29, 0.717) is 6.04 Å². The van der Waals surface area contributed by atoms with Gasteiger partial charge in [0.25, 0.3) is 0 Å². The Morgan fingerprint density at radius 1 is 1.24 bits per heavy atom. The molecule has 2 aliphatic rings. The molecule has 1 aliphatic carbocycles. The summed E-state index contributed by atoms with van der Waals surface area (Å²) in [5.41, 5.74) is 8.32. The van der Waals surface area contributed by atoms with Crippen LogP contribution in [0.2, 0.25) is 0 Å². The minimum Gasteiger partial charge on any atom is -0.369 e. The number of fused-ring (bicyclic) bond motifs is 1. The zero-order valence-electron chi connectivity index (χ0n) is 9.93. The fourth-order valence-electron chi connectivity index (χ4n) is 3.15. The molecule has 1 unspecified atom stereocenters. The van der Waals surface area contributed by atoms with Gasteiger partial charge >= 0.3 is 0 Å². The van der Waals surface area contributed by atoms with Crippen molar-refractivity contribution in [1.29, 1.82) is 0 Å². The van der Waals surface area contributed by atoms with E-state index in [0.717, 1.165) is 32.4 Å². The first kappa shape index (κ1) is 10.8. The summed E-state index contributed by atoms with van der Waals surface area (Å²) in [6.45, 7) is 1.88. The molecule has 1 aromatic carbocycles. The van der Waals surface area contributed by atoms with Crippen LogP contribution in [0.1, 0.15) is 17.5 Å². The predicted octanol–water partition coefficient (Wildman–Crippen LogP) is 0.961. The normalized spacial score (nSPS) is 25.1. The highest BCUT2D eigenvalue weighted by atomic mass is 16.1. The van der Waals surface area contributed by atoms with Crippen molar-refractivity contribution in [2.75, 3.05) is 13.1 Å². The number of amides is 1. The highest BCUT2D eigenvalue weighted by Crippen LogP contribution is 2.28. The molecule has 1 aromatic rings. The van der Waals surface area contributed by atoms with Gasteiger partial charge in [-0.1, -0.05) is 24.3 Å². The van der Waals surface area contributed by atoms with Gasteiger partial charge in [-0.05, 0) is 36.9 Å². The number of hydrogen-bond donors (Lipinski definition) is 1. The molecule has 3 rings (SSSR count). The van der Waals surface area contributed by atoms with Crippen molar-refractivity contribution in [2.45, 2.75) is 25.3 Å². The Morgan fingerprint density at radius 2 is 1.88 bits per heavy atom. The van der Waals surface area contributed by atoms with Gasteiger partial charge in [-0.15, -0.1) is 0 Å². The Bertz CT molecular complexity index is 419. The quantitative estimate of drug-likeness (QED) is 0.822. The van der Waals surface area contributed by atoms with Gasteiger partial charge in [-0.3, -0.25) is 9.69 Å². The monoisotopic (exact) mass is 230 g/mol. The zero-order valence-corrected chi connectivity index (χ0v) is 9.93. The van der Waals surface area contributed by atoms with Gasteiger partial charge in [0.05, 0.1) is 5.92 Å². The van der Waals surface area contributed by atoms with Crippen LogP contribution in [0.15, 0.2) is 24.3 Å². The summed E-state index contributed by atoms with van der Waals surface area (Å²) in [5, 5.41) is 0. The second-order valence-corrected chi connectivity index (χ2v) is 5.21. The number of nitrogens with zero attached hydrogens (tertiary/aromatic N) is 1. The van der Waals surface area contributed by atoms with E-state index in [9.17, 15) is 4.79 Å². The first-order chi connectivity index (χ1) is 8.24. The Kier molecular flexibility index (Phi) is 2.63. The Balaban J connectivity index is 1.68. The van der Waals surface area contributed by atoms with Gasteiger partial charge in [-0.25, -0.2) is 0 Å². The molecular formula is C14H18N2O. The number of primary amides is 1. The predicted molar refractivity (Wildman–Crippen MR) is 66.5 cm³/mol. The molecule has 0 bridgehead atoms.